The number of para-hydroxylation sites is 1. The van der Waals surface area contributed by atoms with E-state index >= 15 is 0 Å². The van der Waals surface area contributed by atoms with Gasteiger partial charge in [-0.15, -0.1) is 0 Å². The summed E-state index contributed by atoms with van der Waals surface area (Å²) in [6.07, 6.45) is 1.73. The zero-order chi connectivity index (χ0) is 15.0. The highest BCUT2D eigenvalue weighted by Gasteiger charge is 2.14. The van der Waals surface area contributed by atoms with Gasteiger partial charge in [0.2, 0.25) is 0 Å². The molecule has 5 heteroatoms. The maximum absolute atomic E-state index is 11.9. The predicted octanol–water partition coefficient (Wildman–Crippen LogP) is 3.17. The van der Waals surface area contributed by atoms with Crippen molar-refractivity contribution in [1.82, 2.24) is 5.32 Å². The normalized spacial score (nSPS) is 10.2. The summed E-state index contributed by atoms with van der Waals surface area (Å²) in [6.45, 7) is 6.07. The summed E-state index contributed by atoms with van der Waals surface area (Å²) in [5.74, 6) is -0.439. The van der Waals surface area contributed by atoms with E-state index < -0.39 is 5.97 Å². The number of carbonyl (C=O) groups is 2. The lowest BCUT2D eigenvalue weighted by Gasteiger charge is -2.16. The minimum atomic E-state index is -0.439. The predicted molar refractivity (Wildman–Crippen MR) is 78.9 cm³/mol. The first-order chi connectivity index (χ1) is 9.62. The number of hydrogen-bond acceptors (Lipinski definition) is 3. The number of ether oxygens (including phenoxy) is 1. The Morgan fingerprint density at radius 3 is 2.40 bits per heavy atom. The summed E-state index contributed by atoms with van der Waals surface area (Å²) in [6, 6.07) is 6.62. The van der Waals surface area contributed by atoms with Crippen LogP contribution in [0.25, 0.3) is 0 Å². The molecule has 0 atom stereocenters. The Labute approximate surface area is 119 Å². The molecule has 0 spiro atoms. The summed E-state index contributed by atoms with van der Waals surface area (Å²) >= 11 is 0. The number of carbonyl (C=O) groups excluding carboxylic acids is 2. The molecule has 0 saturated carbocycles. The van der Waals surface area contributed by atoms with Crippen LogP contribution < -0.4 is 10.6 Å². The van der Waals surface area contributed by atoms with Gasteiger partial charge >= 0.3 is 12.0 Å². The standard InChI is InChI=1S/C15H22N2O3/c1-4-11(5-2)16-15(19)17-13-10-8-7-9-12(13)14(18)20-6-3/h7-11H,4-6H2,1-3H3,(H2,16,17,19). The molecular formula is C15H22N2O3. The van der Waals surface area contributed by atoms with Crippen LogP contribution >= 0.6 is 0 Å². The maximum Gasteiger partial charge on any atom is 0.340 e. The highest BCUT2D eigenvalue weighted by atomic mass is 16.5. The molecule has 0 fully saturated rings. The van der Waals surface area contributed by atoms with Crippen LogP contribution in [0.15, 0.2) is 24.3 Å². The second-order valence-corrected chi connectivity index (χ2v) is 4.38. The molecule has 1 aromatic carbocycles. The van der Waals surface area contributed by atoms with E-state index in [1.807, 2.05) is 13.8 Å². The molecule has 1 aromatic rings. The molecule has 0 radical (unpaired) electrons. The van der Waals surface area contributed by atoms with E-state index in [2.05, 4.69) is 10.6 Å². The van der Waals surface area contributed by atoms with Gasteiger partial charge in [-0.3, -0.25) is 0 Å². The van der Waals surface area contributed by atoms with Gasteiger partial charge in [-0.05, 0) is 31.9 Å². The van der Waals surface area contributed by atoms with E-state index in [9.17, 15) is 9.59 Å². The number of rotatable bonds is 6. The van der Waals surface area contributed by atoms with E-state index in [0.717, 1.165) is 12.8 Å². The van der Waals surface area contributed by atoms with E-state index in [1.165, 1.54) is 0 Å². The third-order valence-corrected chi connectivity index (χ3v) is 2.99. The Balaban J connectivity index is 2.77. The minimum absolute atomic E-state index is 0.129. The molecule has 0 aliphatic carbocycles. The third kappa shape index (κ3) is 4.57. The van der Waals surface area contributed by atoms with Gasteiger partial charge in [-0.1, -0.05) is 26.0 Å². The molecule has 0 saturated heterocycles. The van der Waals surface area contributed by atoms with Crippen molar-refractivity contribution in [2.45, 2.75) is 39.7 Å². The van der Waals surface area contributed by atoms with Gasteiger partial charge in [-0.25, -0.2) is 9.59 Å². The van der Waals surface area contributed by atoms with E-state index in [4.69, 9.17) is 4.74 Å². The van der Waals surface area contributed by atoms with Gasteiger partial charge in [0, 0.05) is 6.04 Å². The van der Waals surface area contributed by atoms with Crippen LogP contribution in [-0.2, 0) is 4.74 Å². The summed E-state index contributed by atoms with van der Waals surface area (Å²) in [4.78, 5) is 23.7. The number of amides is 2. The van der Waals surface area contributed by atoms with Crippen molar-refractivity contribution >= 4 is 17.7 Å². The highest BCUT2D eigenvalue weighted by molar-refractivity contribution is 6.00. The number of hydrogen-bond donors (Lipinski definition) is 2. The zero-order valence-electron chi connectivity index (χ0n) is 12.2. The second kappa shape index (κ2) is 8.19. The van der Waals surface area contributed by atoms with Crippen molar-refractivity contribution in [3.05, 3.63) is 29.8 Å². The number of esters is 1. The smallest absolute Gasteiger partial charge is 0.340 e. The van der Waals surface area contributed by atoms with Crippen molar-refractivity contribution in [2.24, 2.45) is 0 Å². The van der Waals surface area contributed by atoms with Gasteiger partial charge in [-0.2, -0.15) is 0 Å². The molecule has 5 nitrogen and oxygen atoms in total. The minimum Gasteiger partial charge on any atom is -0.462 e. The van der Waals surface area contributed by atoms with Crippen molar-refractivity contribution in [2.75, 3.05) is 11.9 Å². The van der Waals surface area contributed by atoms with Crippen molar-refractivity contribution < 1.29 is 14.3 Å². The third-order valence-electron chi connectivity index (χ3n) is 2.99. The first-order valence-corrected chi connectivity index (χ1v) is 6.95. The number of urea groups is 1. The van der Waals surface area contributed by atoms with Crippen LogP contribution in [0.4, 0.5) is 10.5 Å². The molecule has 0 aliphatic rings. The fourth-order valence-electron chi connectivity index (χ4n) is 1.82. The molecule has 0 heterocycles. The Hall–Kier alpha value is -2.04. The lowest BCUT2D eigenvalue weighted by Crippen LogP contribution is -2.37. The molecule has 110 valence electrons. The van der Waals surface area contributed by atoms with Crippen LogP contribution in [0, 0.1) is 0 Å². The van der Waals surface area contributed by atoms with Crippen molar-refractivity contribution in [1.29, 1.82) is 0 Å². The first kappa shape index (κ1) is 16.0. The summed E-state index contributed by atoms with van der Waals surface area (Å²) in [5.41, 5.74) is 0.809. The topological polar surface area (TPSA) is 67.4 Å². The highest BCUT2D eigenvalue weighted by Crippen LogP contribution is 2.16. The van der Waals surface area contributed by atoms with Crippen LogP contribution in [0.1, 0.15) is 44.0 Å². The van der Waals surface area contributed by atoms with Crippen LogP contribution in [0.3, 0.4) is 0 Å². The molecule has 20 heavy (non-hydrogen) atoms. The Kier molecular flexibility index (Phi) is 6.56. The maximum atomic E-state index is 11.9. The Bertz CT molecular complexity index is 456. The number of nitrogens with one attached hydrogen (secondary N) is 2. The Morgan fingerprint density at radius 2 is 1.80 bits per heavy atom. The van der Waals surface area contributed by atoms with Gasteiger partial charge in [0.25, 0.3) is 0 Å². The van der Waals surface area contributed by atoms with E-state index in [1.54, 1.807) is 31.2 Å². The second-order valence-electron chi connectivity index (χ2n) is 4.38. The zero-order valence-corrected chi connectivity index (χ0v) is 12.2. The largest absolute Gasteiger partial charge is 0.462 e. The molecule has 1 rings (SSSR count). The molecule has 2 amide bonds. The van der Waals surface area contributed by atoms with Gasteiger partial charge in [0.15, 0.2) is 0 Å². The first-order valence-electron chi connectivity index (χ1n) is 6.95. The molecule has 0 aromatic heterocycles. The lowest BCUT2D eigenvalue weighted by molar-refractivity contribution is 0.0527. The molecule has 0 unspecified atom stereocenters. The summed E-state index contributed by atoms with van der Waals surface area (Å²) in [7, 11) is 0. The SMILES string of the molecule is CCOC(=O)c1ccccc1NC(=O)NC(CC)CC. The fourth-order valence-corrected chi connectivity index (χ4v) is 1.82. The van der Waals surface area contributed by atoms with Gasteiger partial charge < -0.3 is 15.4 Å². The summed E-state index contributed by atoms with van der Waals surface area (Å²) in [5, 5.41) is 5.56. The number of anilines is 1. The van der Waals surface area contributed by atoms with Crippen LogP contribution in [-0.4, -0.2) is 24.6 Å². The fraction of sp³-hybridized carbons (Fsp3) is 0.467. The van der Waals surface area contributed by atoms with Gasteiger partial charge in [0.1, 0.15) is 0 Å². The molecule has 2 N–H and O–H groups in total. The average Bonchev–Trinajstić information content (AvgIpc) is 2.45. The number of benzene rings is 1. The monoisotopic (exact) mass is 278 g/mol. The van der Waals surface area contributed by atoms with Crippen molar-refractivity contribution in [3.8, 4) is 0 Å². The molecular weight excluding hydrogens is 256 g/mol. The van der Waals surface area contributed by atoms with Crippen LogP contribution in [0.5, 0.6) is 0 Å². The molecule has 0 bridgehead atoms. The van der Waals surface area contributed by atoms with Crippen molar-refractivity contribution in [3.63, 3.8) is 0 Å². The summed E-state index contributed by atoms with van der Waals surface area (Å²) < 4.78 is 4.96. The Morgan fingerprint density at radius 1 is 1.15 bits per heavy atom. The lowest BCUT2D eigenvalue weighted by atomic mass is 10.1. The van der Waals surface area contributed by atoms with Gasteiger partial charge in [0.05, 0.1) is 17.9 Å². The van der Waals surface area contributed by atoms with E-state index in [0.29, 0.717) is 17.9 Å². The average molecular weight is 278 g/mol. The molecule has 0 aliphatic heterocycles. The van der Waals surface area contributed by atoms with E-state index in [-0.39, 0.29) is 12.1 Å². The quantitative estimate of drug-likeness (QED) is 0.785. The van der Waals surface area contributed by atoms with Crippen LogP contribution in [0.2, 0.25) is 0 Å².